The van der Waals surface area contributed by atoms with E-state index in [9.17, 15) is 4.79 Å². The number of hydrogen-bond acceptors (Lipinski definition) is 5. The third kappa shape index (κ3) is 5.61. The molecule has 1 amide bonds. The quantitative estimate of drug-likeness (QED) is 0.689. The van der Waals surface area contributed by atoms with Crippen LogP contribution in [0.1, 0.15) is 10.4 Å². The van der Waals surface area contributed by atoms with Gasteiger partial charge < -0.3 is 25.6 Å². The van der Waals surface area contributed by atoms with Gasteiger partial charge in [-0.3, -0.25) is 4.79 Å². The zero-order valence-corrected chi connectivity index (χ0v) is 13.3. The number of methoxy groups -OCH3 is 1. The lowest BCUT2D eigenvalue weighted by Gasteiger charge is -2.19. The summed E-state index contributed by atoms with van der Waals surface area (Å²) in [4.78, 5) is 16.3. The molecular formula is C15H26N4O2. The Morgan fingerprint density at radius 3 is 2.62 bits per heavy atom. The fourth-order valence-corrected chi connectivity index (χ4v) is 1.94. The van der Waals surface area contributed by atoms with E-state index in [1.165, 1.54) is 0 Å². The number of nitrogen functional groups attached to an aromatic ring is 1. The Morgan fingerprint density at radius 1 is 1.29 bits per heavy atom. The van der Waals surface area contributed by atoms with Crippen LogP contribution in [-0.2, 0) is 4.74 Å². The molecule has 0 atom stereocenters. The van der Waals surface area contributed by atoms with Crippen molar-refractivity contribution in [2.24, 2.45) is 0 Å². The van der Waals surface area contributed by atoms with Crippen LogP contribution < -0.4 is 16.0 Å². The zero-order chi connectivity index (χ0) is 15.8. The van der Waals surface area contributed by atoms with Crippen LogP contribution in [0.25, 0.3) is 0 Å². The molecule has 0 saturated carbocycles. The van der Waals surface area contributed by atoms with E-state index >= 15 is 0 Å². The standard InChI is InChI=1S/C15H26N4O2/c1-18(2)14-6-5-12(16)11-13(14)15(20)17-7-8-19(3)9-10-21-4/h5-6,11H,7-10,16H2,1-4H3,(H,17,20). The van der Waals surface area contributed by atoms with E-state index in [1.54, 1.807) is 19.2 Å². The Balaban J connectivity index is 2.58. The fourth-order valence-electron chi connectivity index (χ4n) is 1.94. The van der Waals surface area contributed by atoms with E-state index in [2.05, 4.69) is 10.2 Å². The molecule has 0 bridgehead atoms. The van der Waals surface area contributed by atoms with E-state index in [0.29, 0.717) is 24.4 Å². The minimum absolute atomic E-state index is 0.105. The normalized spacial score (nSPS) is 10.7. The molecule has 1 rings (SSSR count). The number of nitrogens with one attached hydrogen (secondary N) is 1. The molecule has 0 saturated heterocycles. The number of likely N-dealkylation sites (N-methyl/N-ethyl adjacent to an activating group) is 1. The summed E-state index contributed by atoms with van der Waals surface area (Å²) in [7, 11) is 7.48. The van der Waals surface area contributed by atoms with Crippen LogP contribution in [0.3, 0.4) is 0 Å². The Kier molecular flexibility index (Phi) is 6.98. The average molecular weight is 294 g/mol. The van der Waals surface area contributed by atoms with E-state index in [1.807, 2.05) is 32.1 Å². The van der Waals surface area contributed by atoms with Gasteiger partial charge in [-0.25, -0.2) is 0 Å². The van der Waals surface area contributed by atoms with Crippen LogP contribution >= 0.6 is 0 Å². The summed E-state index contributed by atoms with van der Waals surface area (Å²) in [5.74, 6) is -0.105. The highest BCUT2D eigenvalue weighted by Gasteiger charge is 2.13. The molecule has 6 heteroatoms. The lowest BCUT2D eigenvalue weighted by Crippen LogP contribution is -2.35. The van der Waals surface area contributed by atoms with Crippen molar-refractivity contribution in [1.82, 2.24) is 10.2 Å². The van der Waals surface area contributed by atoms with Crippen molar-refractivity contribution < 1.29 is 9.53 Å². The minimum Gasteiger partial charge on any atom is -0.399 e. The van der Waals surface area contributed by atoms with Crippen LogP contribution in [0.2, 0.25) is 0 Å². The molecule has 0 spiro atoms. The molecule has 0 aromatic heterocycles. The first kappa shape index (κ1) is 17.3. The number of ether oxygens (including phenoxy) is 1. The van der Waals surface area contributed by atoms with Crippen LogP contribution in [-0.4, -0.2) is 65.3 Å². The van der Waals surface area contributed by atoms with Gasteiger partial charge in [-0.05, 0) is 25.2 Å². The predicted octanol–water partition coefficient (Wildman–Crippen LogP) is 0.643. The number of rotatable bonds is 8. The maximum Gasteiger partial charge on any atom is 0.253 e. The number of anilines is 2. The molecule has 21 heavy (non-hydrogen) atoms. The number of carbonyl (C=O) groups is 1. The van der Waals surface area contributed by atoms with E-state index in [0.717, 1.165) is 18.8 Å². The molecule has 0 radical (unpaired) electrons. The molecule has 1 aromatic rings. The summed E-state index contributed by atoms with van der Waals surface area (Å²) in [5, 5.41) is 2.93. The maximum absolute atomic E-state index is 12.3. The monoisotopic (exact) mass is 294 g/mol. The highest BCUT2D eigenvalue weighted by molar-refractivity contribution is 6.00. The van der Waals surface area contributed by atoms with Crippen LogP contribution in [0, 0.1) is 0 Å². The second kappa shape index (κ2) is 8.49. The molecule has 3 N–H and O–H groups in total. The molecule has 118 valence electrons. The van der Waals surface area contributed by atoms with Crippen LogP contribution in [0.4, 0.5) is 11.4 Å². The summed E-state index contributed by atoms with van der Waals surface area (Å²) >= 11 is 0. The molecule has 0 aliphatic rings. The van der Waals surface area contributed by atoms with Crippen molar-refractivity contribution in [2.45, 2.75) is 0 Å². The highest BCUT2D eigenvalue weighted by atomic mass is 16.5. The van der Waals surface area contributed by atoms with Crippen LogP contribution in [0.5, 0.6) is 0 Å². The highest BCUT2D eigenvalue weighted by Crippen LogP contribution is 2.21. The molecule has 0 aliphatic heterocycles. The molecule has 0 heterocycles. The third-order valence-corrected chi connectivity index (χ3v) is 3.20. The van der Waals surface area contributed by atoms with Gasteiger partial charge in [-0.15, -0.1) is 0 Å². The van der Waals surface area contributed by atoms with Crippen LogP contribution in [0.15, 0.2) is 18.2 Å². The van der Waals surface area contributed by atoms with Gasteiger partial charge in [0.25, 0.3) is 5.91 Å². The Bertz CT molecular complexity index is 463. The average Bonchev–Trinajstić information content (AvgIpc) is 2.44. The summed E-state index contributed by atoms with van der Waals surface area (Å²) in [6.45, 7) is 2.88. The van der Waals surface area contributed by atoms with Gasteiger partial charge >= 0.3 is 0 Å². The lowest BCUT2D eigenvalue weighted by molar-refractivity contribution is 0.0948. The number of amides is 1. The van der Waals surface area contributed by atoms with Crippen molar-refractivity contribution >= 4 is 17.3 Å². The largest absolute Gasteiger partial charge is 0.399 e. The summed E-state index contributed by atoms with van der Waals surface area (Å²) < 4.78 is 5.02. The van der Waals surface area contributed by atoms with Crippen molar-refractivity contribution in [3.05, 3.63) is 23.8 Å². The van der Waals surface area contributed by atoms with Crippen molar-refractivity contribution in [2.75, 3.05) is 65.1 Å². The van der Waals surface area contributed by atoms with Crippen molar-refractivity contribution in [3.63, 3.8) is 0 Å². The molecule has 0 fully saturated rings. The number of carbonyl (C=O) groups excluding carboxylic acids is 1. The Labute approximate surface area is 126 Å². The summed E-state index contributed by atoms with van der Waals surface area (Å²) in [6, 6.07) is 5.36. The van der Waals surface area contributed by atoms with E-state index in [-0.39, 0.29) is 5.91 Å². The van der Waals surface area contributed by atoms with Gasteiger partial charge in [0, 0.05) is 52.2 Å². The first-order valence-electron chi connectivity index (χ1n) is 6.98. The van der Waals surface area contributed by atoms with Gasteiger partial charge in [0.05, 0.1) is 12.2 Å². The molecule has 0 unspecified atom stereocenters. The Hall–Kier alpha value is -1.79. The SMILES string of the molecule is COCCN(C)CCNC(=O)c1cc(N)ccc1N(C)C. The van der Waals surface area contributed by atoms with Crippen molar-refractivity contribution in [1.29, 1.82) is 0 Å². The third-order valence-electron chi connectivity index (χ3n) is 3.20. The minimum atomic E-state index is -0.105. The fraction of sp³-hybridized carbons (Fsp3) is 0.533. The van der Waals surface area contributed by atoms with E-state index < -0.39 is 0 Å². The molecule has 1 aromatic carbocycles. The molecule has 0 aliphatic carbocycles. The number of nitrogens with two attached hydrogens (primary N) is 1. The molecular weight excluding hydrogens is 268 g/mol. The zero-order valence-electron chi connectivity index (χ0n) is 13.3. The predicted molar refractivity (Wildman–Crippen MR) is 86.9 cm³/mol. The van der Waals surface area contributed by atoms with E-state index in [4.69, 9.17) is 10.5 Å². The second-order valence-corrected chi connectivity index (χ2v) is 5.22. The number of hydrogen-bond donors (Lipinski definition) is 2. The van der Waals surface area contributed by atoms with Gasteiger partial charge in [-0.1, -0.05) is 0 Å². The van der Waals surface area contributed by atoms with Gasteiger partial charge in [0.1, 0.15) is 0 Å². The van der Waals surface area contributed by atoms with Gasteiger partial charge in [0.2, 0.25) is 0 Å². The topological polar surface area (TPSA) is 70.8 Å². The summed E-state index contributed by atoms with van der Waals surface area (Å²) in [6.07, 6.45) is 0. The smallest absolute Gasteiger partial charge is 0.253 e. The lowest BCUT2D eigenvalue weighted by atomic mass is 10.1. The first-order valence-corrected chi connectivity index (χ1v) is 6.98. The van der Waals surface area contributed by atoms with Gasteiger partial charge in [-0.2, -0.15) is 0 Å². The van der Waals surface area contributed by atoms with Gasteiger partial charge in [0.15, 0.2) is 0 Å². The Morgan fingerprint density at radius 2 is 2.00 bits per heavy atom. The number of nitrogens with zero attached hydrogens (tertiary/aromatic N) is 2. The number of benzene rings is 1. The van der Waals surface area contributed by atoms with Crippen molar-refractivity contribution in [3.8, 4) is 0 Å². The molecule has 6 nitrogen and oxygen atoms in total. The maximum atomic E-state index is 12.3. The second-order valence-electron chi connectivity index (χ2n) is 5.22. The first-order chi connectivity index (χ1) is 9.95. The summed E-state index contributed by atoms with van der Waals surface area (Å²) in [5.41, 5.74) is 7.82.